The molecule has 2 aliphatic rings. The van der Waals surface area contributed by atoms with E-state index in [2.05, 4.69) is 11.1 Å². The van der Waals surface area contributed by atoms with Gasteiger partial charge in [-0.05, 0) is 23.8 Å². The lowest BCUT2D eigenvalue weighted by molar-refractivity contribution is 1.53. The standard InChI is InChI=1S/C17H12ClN/c18-17-11-13(12-19-14-7-3-1-4-8-14)15-9-5-2-6-10-16(15)17/h1-12H. The molecule has 0 radical (unpaired) electrons. The summed E-state index contributed by atoms with van der Waals surface area (Å²) in [5, 5.41) is 0.765. The van der Waals surface area contributed by atoms with Crippen LogP contribution in [0.2, 0.25) is 5.02 Å². The van der Waals surface area contributed by atoms with Crippen molar-refractivity contribution in [1.29, 1.82) is 0 Å². The summed E-state index contributed by atoms with van der Waals surface area (Å²) in [5.41, 5.74) is 4.16. The van der Waals surface area contributed by atoms with Crippen LogP contribution in [0.15, 0.2) is 71.7 Å². The van der Waals surface area contributed by atoms with Crippen LogP contribution in [0.3, 0.4) is 0 Å². The number of hydrogen-bond acceptors (Lipinski definition) is 1. The van der Waals surface area contributed by atoms with Gasteiger partial charge in [0.25, 0.3) is 0 Å². The van der Waals surface area contributed by atoms with Crippen molar-refractivity contribution in [3.63, 3.8) is 0 Å². The lowest BCUT2D eigenvalue weighted by Gasteiger charge is -1.95. The molecule has 92 valence electrons. The Bertz CT molecular complexity index is 689. The summed E-state index contributed by atoms with van der Waals surface area (Å²) in [5.74, 6) is 0. The second-order valence-electron chi connectivity index (χ2n) is 4.28. The van der Waals surface area contributed by atoms with Crippen LogP contribution < -0.4 is 0 Å². The number of rotatable bonds is 2. The van der Waals surface area contributed by atoms with Crippen LogP contribution in [-0.4, -0.2) is 6.21 Å². The molecule has 3 rings (SSSR count). The lowest BCUT2D eigenvalue weighted by Crippen LogP contribution is -1.78. The Labute approximate surface area is 117 Å². The van der Waals surface area contributed by atoms with Crippen molar-refractivity contribution in [2.45, 2.75) is 0 Å². The molecule has 0 aromatic heterocycles. The maximum absolute atomic E-state index is 6.26. The predicted octanol–water partition coefficient (Wildman–Crippen LogP) is 5.20. The molecule has 0 amide bonds. The summed E-state index contributed by atoms with van der Waals surface area (Å²) < 4.78 is 0. The molecule has 0 fully saturated rings. The first-order chi connectivity index (χ1) is 9.34. The average Bonchev–Trinajstić information content (AvgIpc) is 2.64. The van der Waals surface area contributed by atoms with Crippen LogP contribution in [0.1, 0.15) is 5.56 Å². The number of fused-ring (bicyclic) bond motifs is 1. The molecule has 0 heterocycles. The van der Waals surface area contributed by atoms with Crippen molar-refractivity contribution < 1.29 is 0 Å². The van der Waals surface area contributed by atoms with Crippen LogP contribution in [0.5, 0.6) is 0 Å². The Balaban J connectivity index is 2.02. The molecule has 0 atom stereocenters. The van der Waals surface area contributed by atoms with Crippen molar-refractivity contribution in [2.24, 2.45) is 4.99 Å². The number of nitrogens with zero attached hydrogens (tertiary/aromatic N) is 1. The van der Waals surface area contributed by atoms with E-state index in [0.717, 1.165) is 27.4 Å². The van der Waals surface area contributed by atoms with Gasteiger partial charge in [0.2, 0.25) is 0 Å². The van der Waals surface area contributed by atoms with Gasteiger partial charge >= 0.3 is 0 Å². The third kappa shape index (κ3) is 2.51. The topological polar surface area (TPSA) is 12.4 Å². The summed E-state index contributed by atoms with van der Waals surface area (Å²) >= 11 is 6.26. The summed E-state index contributed by atoms with van der Waals surface area (Å²) in [6.45, 7) is 0. The molecular weight excluding hydrogens is 254 g/mol. The molecule has 0 aliphatic heterocycles. The van der Waals surface area contributed by atoms with Crippen LogP contribution in [-0.2, 0) is 0 Å². The Kier molecular flexibility index (Phi) is 3.30. The van der Waals surface area contributed by atoms with Crippen molar-refractivity contribution in [3.8, 4) is 11.1 Å². The highest BCUT2D eigenvalue weighted by Gasteiger charge is 2.11. The fourth-order valence-corrected chi connectivity index (χ4v) is 2.35. The fraction of sp³-hybridized carbons (Fsp3) is 0. The van der Waals surface area contributed by atoms with Gasteiger partial charge < -0.3 is 0 Å². The minimum Gasteiger partial charge on any atom is -0.256 e. The van der Waals surface area contributed by atoms with Crippen LogP contribution in [0.25, 0.3) is 11.1 Å². The third-order valence-corrected chi connectivity index (χ3v) is 3.31. The van der Waals surface area contributed by atoms with Gasteiger partial charge in [0.1, 0.15) is 0 Å². The maximum Gasteiger partial charge on any atom is 0.0629 e. The largest absolute Gasteiger partial charge is 0.256 e. The first-order valence-electron chi connectivity index (χ1n) is 6.11. The van der Waals surface area contributed by atoms with E-state index in [4.69, 9.17) is 11.6 Å². The van der Waals surface area contributed by atoms with Gasteiger partial charge in [0.05, 0.1) is 5.69 Å². The van der Waals surface area contributed by atoms with E-state index in [1.807, 2.05) is 66.9 Å². The van der Waals surface area contributed by atoms with E-state index in [-0.39, 0.29) is 0 Å². The molecule has 0 saturated heterocycles. The summed E-state index contributed by atoms with van der Waals surface area (Å²) in [4.78, 5) is 4.48. The van der Waals surface area contributed by atoms with E-state index >= 15 is 0 Å². The molecule has 0 spiro atoms. The maximum atomic E-state index is 6.26. The molecular formula is C17H12ClN. The van der Waals surface area contributed by atoms with Crippen molar-refractivity contribution in [3.05, 3.63) is 77.3 Å². The molecule has 1 aromatic carbocycles. The Hall–Kier alpha value is -2.12. The average molecular weight is 266 g/mol. The highest BCUT2D eigenvalue weighted by atomic mass is 35.5. The van der Waals surface area contributed by atoms with E-state index in [0.29, 0.717) is 0 Å². The summed E-state index contributed by atoms with van der Waals surface area (Å²) in [7, 11) is 0. The number of hydrogen-bond donors (Lipinski definition) is 0. The SMILES string of the molecule is Clc1cc(C=Nc2ccccc2)c2cccccc1-2. The van der Waals surface area contributed by atoms with Crippen LogP contribution in [0.4, 0.5) is 5.69 Å². The van der Waals surface area contributed by atoms with Crippen molar-refractivity contribution in [2.75, 3.05) is 0 Å². The zero-order chi connectivity index (χ0) is 13.1. The molecule has 2 heteroatoms. The molecule has 2 aliphatic carbocycles. The van der Waals surface area contributed by atoms with Gasteiger partial charge in [-0.25, -0.2) is 0 Å². The fourth-order valence-electron chi connectivity index (χ4n) is 2.06. The quantitative estimate of drug-likeness (QED) is 0.565. The first-order valence-corrected chi connectivity index (χ1v) is 6.49. The monoisotopic (exact) mass is 265 g/mol. The van der Waals surface area contributed by atoms with E-state index < -0.39 is 0 Å². The number of halogens is 1. The Morgan fingerprint density at radius 3 is 2.16 bits per heavy atom. The van der Waals surface area contributed by atoms with E-state index in [9.17, 15) is 0 Å². The van der Waals surface area contributed by atoms with Gasteiger partial charge in [-0.1, -0.05) is 60.1 Å². The summed E-state index contributed by atoms with van der Waals surface area (Å²) in [6, 6.07) is 21.9. The summed E-state index contributed by atoms with van der Waals surface area (Å²) in [6.07, 6.45) is 1.86. The first kappa shape index (κ1) is 11.9. The Morgan fingerprint density at radius 1 is 0.789 bits per heavy atom. The van der Waals surface area contributed by atoms with Gasteiger partial charge in [-0.15, -0.1) is 0 Å². The molecule has 0 unspecified atom stereocenters. The Morgan fingerprint density at radius 2 is 1.42 bits per heavy atom. The van der Waals surface area contributed by atoms with E-state index in [1.54, 1.807) is 0 Å². The zero-order valence-corrected chi connectivity index (χ0v) is 11.0. The second kappa shape index (κ2) is 5.25. The van der Waals surface area contributed by atoms with Crippen molar-refractivity contribution in [1.82, 2.24) is 0 Å². The minimum absolute atomic E-state index is 0.765. The normalized spacial score (nSPS) is 11.2. The molecule has 0 N–H and O–H groups in total. The van der Waals surface area contributed by atoms with Gasteiger partial charge in [0, 0.05) is 22.4 Å². The van der Waals surface area contributed by atoms with Gasteiger partial charge in [-0.2, -0.15) is 0 Å². The highest BCUT2D eigenvalue weighted by Crippen LogP contribution is 2.34. The number of para-hydroxylation sites is 1. The molecule has 19 heavy (non-hydrogen) atoms. The smallest absolute Gasteiger partial charge is 0.0629 e. The van der Waals surface area contributed by atoms with Gasteiger partial charge in [0.15, 0.2) is 0 Å². The predicted molar refractivity (Wildman–Crippen MR) is 81.8 cm³/mol. The minimum atomic E-state index is 0.765. The van der Waals surface area contributed by atoms with E-state index in [1.165, 1.54) is 0 Å². The molecule has 1 aromatic rings. The molecule has 0 saturated carbocycles. The van der Waals surface area contributed by atoms with Crippen LogP contribution in [0, 0.1) is 0 Å². The lowest BCUT2D eigenvalue weighted by atomic mass is 10.1. The van der Waals surface area contributed by atoms with Crippen LogP contribution >= 0.6 is 11.6 Å². The molecule has 1 nitrogen and oxygen atoms in total. The third-order valence-electron chi connectivity index (χ3n) is 3.00. The zero-order valence-electron chi connectivity index (χ0n) is 10.3. The van der Waals surface area contributed by atoms with Gasteiger partial charge in [-0.3, -0.25) is 4.99 Å². The highest BCUT2D eigenvalue weighted by molar-refractivity contribution is 6.34. The number of aliphatic imine (C=N–C) groups is 1. The molecule has 0 bridgehead atoms. The van der Waals surface area contributed by atoms with Crippen molar-refractivity contribution >= 4 is 23.5 Å². The second-order valence-corrected chi connectivity index (χ2v) is 4.69. The number of benzene rings is 1.